The number of carbonyl (C=O) groups is 1. The van der Waals surface area contributed by atoms with Crippen molar-refractivity contribution in [3.05, 3.63) is 59.4 Å². The quantitative estimate of drug-likeness (QED) is 0.794. The number of hydrogen-bond donors (Lipinski definition) is 1. The minimum absolute atomic E-state index is 0.0300. The molecular formula is C20H24ClN3O. The summed E-state index contributed by atoms with van der Waals surface area (Å²) in [4.78, 5) is 18.4. The maximum Gasteiger partial charge on any atom is 0.238 e. The molecule has 0 saturated carbocycles. The van der Waals surface area contributed by atoms with Gasteiger partial charge in [0, 0.05) is 6.20 Å². The van der Waals surface area contributed by atoms with E-state index in [0.29, 0.717) is 17.4 Å². The third-order valence-electron chi connectivity index (χ3n) is 4.79. The van der Waals surface area contributed by atoms with Crippen LogP contribution >= 0.6 is 11.6 Å². The van der Waals surface area contributed by atoms with E-state index in [0.717, 1.165) is 38.3 Å². The summed E-state index contributed by atoms with van der Waals surface area (Å²) in [6.07, 6.45) is 6.31. The smallest absolute Gasteiger partial charge is 0.238 e. The van der Waals surface area contributed by atoms with Gasteiger partial charge in [-0.3, -0.25) is 9.69 Å². The van der Waals surface area contributed by atoms with E-state index in [4.69, 9.17) is 11.6 Å². The zero-order valence-corrected chi connectivity index (χ0v) is 15.1. The van der Waals surface area contributed by atoms with Crippen LogP contribution in [0.4, 0.5) is 5.69 Å². The number of nitrogens with zero attached hydrogens (tertiary/aromatic N) is 2. The largest absolute Gasteiger partial charge is 0.322 e. The fourth-order valence-corrected chi connectivity index (χ4v) is 3.49. The normalized spacial score (nSPS) is 15.9. The Morgan fingerprint density at radius 2 is 1.92 bits per heavy atom. The molecule has 3 rings (SSSR count). The van der Waals surface area contributed by atoms with E-state index in [-0.39, 0.29) is 5.91 Å². The predicted octanol–water partition coefficient (Wildman–Crippen LogP) is 4.02. The Morgan fingerprint density at radius 3 is 2.64 bits per heavy atom. The minimum Gasteiger partial charge on any atom is -0.322 e. The number of piperidine rings is 1. The first-order valence-electron chi connectivity index (χ1n) is 8.87. The van der Waals surface area contributed by atoms with Gasteiger partial charge < -0.3 is 5.32 Å². The average Bonchev–Trinajstić information content (AvgIpc) is 2.64. The van der Waals surface area contributed by atoms with Gasteiger partial charge in [-0.2, -0.15) is 0 Å². The van der Waals surface area contributed by atoms with E-state index in [1.54, 1.807) is 18.3 Å². The zero-order chi connectivity index (χ0) is 17.5. The monoisotopic (exact) mass is 357 g/mol. The molecule has 0 spiro atoms. The number of pyridine rings is 1. The van der Waals surface area contributed by atoms with Crippen LogP contribution in [0.1, 0.15) is 24.8 Å². The van der Waals surface area contributed by atoms with Gasteiger partial charge in [-0.15, -0.1) is 0 Å². The average molecular weight is 358 g/mol. The summed E-state index contributed by atoms with van der Waals surface area (Å²) in [5.74, 6) is 0.727. The molecule has 4 nitrogen and oxygen atoms in total. The Hall–Kier alpha value is -1.91. The number of anilines is 1. The van der Waals surface area contributed by atoms with Crippen molar-refractivity contribution in [2.24, 2.45) is 5.92 Å². The highest BCUT2D eigenvalue weighted by atomic mass is 35.5. The number of aryl methyl sites for hydroxylation is 1. The van der Waals surface area contributed by atoms with Crippen molar-refractivity contribution in [3.63, 3.8) is 0 Å². The van der Waals surface area contributed by atoms with Crippen molar-refractivity contribution in [2.75, 3.05) is 25.0 Å². The second-order valence-electron chi connectivity index (χ2n) is 6.63. The van der Waals surface area contributed by atoms with Crippen molar-refractivity contribution in [1.82, 2.24) is 9.88 Å². The topological polar surface area (TPSA) is 45.2 Å². The third kappa shape index (κ3) is 5.55. The fraction of sp³-hybridized carbons (Fsp3) is 0.400. The highest BCUT2D eigenvalue weighted by Crippen LogP contribution is 2.23. The van der Waals surface area contributed by atoms with Crippen molar-refractivity contribution in [2.45, 2.75) is 25.7 Å². The second kappa shape index (κ2) is 8.97. The molecule has 1 aromatic heterocycles. The van der Waals surface area contributed by atoms with E-state index in [2.05, 4.69) is 45.5 Å². The van der Waals surface area contributed by atoms with E-state index < -0.39 is 0 Å². The fourth-order valence-electron chi connectivity index (χ4n) is 3.32. The number of benzene rings is 1. The van der Waals surface area contributed by atoms with Gasteiger partial charge in [-0.05, 0) is 62.4 Å². The summed E-state index contributed by atoms with van der Waals surface area (Å²) < 4.78 is 0. The molecular weight excluding hydrogens is 334 g/mol. The van der Waals surface area contributed by atoms with Gasteiger partial charge in [0.15, 0.2) is 5.15 Å². The summed E-state index contributed by atoms with van der Waals surface area (Å²) in [5.41, 5.74) is 1.99. The molecule has 1 aliphatic rings. The molecule has 0 bridgehead atoms. The number of nitrogens with one attached hydrogen (secondary N) is 1. The van der Waals surface area contributed by atoms with E-state index in [1.165, 1.54) is 12.0 Å². The van der Waals surface area contributed by atoms with Gasteiger partial charge in [0.2, 0.25) is 5.91 Å². The number of likely N-dealkylation sites (tertiary alicyclic amines) is 1. The van der Waals surface area contributed by atoms with Crippen molar-refractivity contribution >= 4 is 23.2 Å². The summed E-state index contributed by atoms with van der Waals surface area (Å²) in [6.45, 7) is 2.37. The lowest BCUT2D eigenvalue weighted by Gasteiger charge is -2.31. The van der Waals surface area contributed by atoms with Crippen LogP contribution in [-0.4, -0.2) is 35.4 Å². The Bertz CT molecular complexity index is 684. The lowest BCUT2D eigenvalue weighted by Crippen LogP contribution is -2.39. The minimum atomic E-state index is -0.0300. The molecule has 2 aromatic rings. The second-order valence-corrected chi connectivity index (χ2v) is 6.99. The Balaban J connectivity index is 1.39. The van der Waals surface area contributed by atoms with E-state index in [1.807, 2.05) is 0 Å². The van der Waals surface area contributed by atoms with Gasteiger partial charge in [0.1, 0.15) is 0 Å². The van der Waals surface area contributed by atoms with Crippen LogP contribution in [0.2, 0.25) is 5.15 Å². The number of aromatic nitrogens is 1. The first kappa shape index (κ1) is 17.9. The molecule has 0 aliphatic carbocycles. The van der Waals surface area contributed by atoms with Gasteiger partial charge in [-0.25, -0.2) is 4.98 Å². The van der Waals surface area contributed by atoms with Crippen LogP contribution < -0.4 is 5.32 Å². The van der Waals surface area contributed by atoms with Crippen LogP contribution in [0.25, 0.3) is 0 Å². The predicted molar refractivity (Wildman–Crippen MR) is 102 cm³/mol. The highest BCUT2D eigenvalue weighted by Gasteiger charge is 2.21. The summed E-state index contributed by atoms with van der Waals surface area (Å²) in [5, 5.41) is 3.17. The molecule has 1 aliphatic heterocycles. The van der Waals surface area contributed by atoms with E-state index in [9.17, 15) is 4.79 Å². The summed E-state index contributed by atoms with van der Waals surface area (Å²) in [7, 11) is 0. The van der Waals surface area contributed by atoms with Gasteiger partial charge in [-0.1, -0.05) is 41.9 Å². The lowest BCUT2D eigenvalue weighted by molar-refractivity contribution is -0.117. The molecule has 0 radical (unpaired) electrons. The van der Waals surface area contributed by atoms with Crippen LogP contribution in [-0.2, 0) is 11.2 Å². The molecule has 1 amide bonds. The van der Waals surface area contributed by atoms with Crippen LogP contribution in [0.5, 0.6) is 0 Å². The Morgan fingerprint density at radius 1 is 1.16 bits per heavy atom. The lowest BCUT2D eigenvalue weighted by atomic mass is 9.90. The third-order valence-corrected chi connectivity index (χ3v) is 5.09. The molecule has 0 atom stereocenters. The zero-order valence-electron chi connectivity index (χ0n) is 14.3. The van der Waals surface area contributed by atoms with Gasteiger partial charge in [0.25, 0.3) is 0 Å². The molecule has 1 N–H and O–H groups in total. The Kier molecular flexibility index (Phi) is 6.42. The van der Waals surface area contributed by atoms with Crippen molar-refractivity contribution in [3.8, 4) is 0 Å². The van der Waals surface area contributed by atoms with Crippen molar-refractivity contribution in [1.29, 1.82) is 0 Å². The molecule has 5 heteroatoms. The first-order chi connectivity index (χ1) is 12.2. The Labute approximate surface area is 154 Å². The maximum absolute atomic E-state index is 12.2. The highest BCUT2D eigenvalue weighted by molar-refractivity contribution is 6.32. The number of hydrogen-bond acceptors (Lipinski definition) is 3. The molecule has 1 aromatic carbocycles. The summed E-state index contributed by atoms with van der Waals surface area (Å²) >= 11 is 5.98. The standard InChI is InChI=1S/C20H24ClN3O/c21-20-18(7-4-12-22-20)23-19(25)15-24-13-10-17(11-14-24)9-8-16-5-2-1-3-6-16/h1-7,12,17H,8-11,13-15H2,(H,23,25). The van der Waals surface area contributed by atoms with Crippen LogP contribution in [0.3, 0.4) is 0 Å². The van der Waals surface area contributed by atoms with Gasteiger partial charge in [0.05, 0.1) is 12.2 Å². The molecule has 25 heavy (non-hydrogen) atoms. The number of rotatable bonds is 6. The molecule has 1 saturated heterocycles. The SMILES string of the molecule is O=C(CN1CCC(CCc2ccccc2)CC1)Nc1cccnc1Cl. The molecule has 132 valence electrons. The first-order valence-corrected chi connectivity index (χ1v) is 9.25. The maximum atomic E-state index is 12.2. The molecule has 1 fully saturated rings. The van der Waals surface area contributed by atoms with Gasteiger partial charge >= 0.3 is 0 Å². The van der Waals surface area contributed by atoms with Crippen LogP contribution in [0, 0.1) is 5.92 Å². The number of halogens is 1. The van der Waals surface area contributed by atoms with Crippen molar-refractivity contribution < 1.29 is 4.79 Å². The number of carbonyl (C=O) groups excluding carboxylic acids is 1. The van der Waals surface area contributed by atoms with E-state index >= 15 is 0 Å². The molecule has 2 heterocycles. The molecule has 0 unspecified atom stereocenters. The number of amides is 1. The van der Waals surface area contributed by atoms with Crippen LogP contribution in [0.15, 0.2) is 48.7 Å². The summed E-state index contributed by atoms with van der Waals surface area (Å²) in [6, 6.07) is 14.2.